The minimum atomic E-state index is -3.45. The van der Waals surface area contributed by atoms with Crippen LogP contribution in [0.2, 0.25) is 0 Å². The number of aryl methyl sites for hydroxylation is 1. The van der Waals surface area contributed by atoms with Gasteiger partial charge in [-0.2, -0.15) is 11.8 Å². The first-order chi connectivity index (χ1) is 14.3. The molecular weight excluding hydrogens is 422 g/mol. The van der Waals surface area contributed by atoms with Gasteiger partial charge in [-0.25, -0.2) is 13.1 Å². The van der Waals surface area contributed by atoms with E-state index in [1.54, 1.807) is 23.6 Å². The highest BCUT2D eigenvalue weighted by Gasteiger charge is 2.30. The topological polar surface area (TPSA) is 95.6 Å². The van der Waals surface area contributed by atoms with Gasteiger partial charge in [0.2, 0.25) is 21.8 Å². The van der Waals surface area contributed by atoms with Crippen molar-refractivity contribution >= 4 is 33.6 Å². The van der Waals surface area contributed by atoms with Gasteiger partial charge in [-0.3, -0.25) is 9.59 Å². The van der Waals surface area contributed by atoms with Crippen LogP contribution in [0.3, 0.4) is 0 Å². The molecule has 0 bridgehead atoms. The van der Waals surface area contributed by atoms with Gasteiger partial charge in [0.15, 0.2) is 0 Å². The number of carbonyl (C=O) groups is 2. The molecule has 0 spiro atoms. The summed E-state index contributed by atoms with van der Waals surface area (Å²) in [5, 5.41) is 3.07. The van der Waals surface area contributed by atoms with E-state index in [4.69, 9.17) is 0 Å². The highest BCUT2D eigenvalue weighted by Crippen LogP contribution is 2.14. The van der Waals surface area contributed by atoms with Crippen LogP contribution in [0.15, 0.2) is 30.3 Å². The van der Waals surface area contributed by atoms with Crippen molar-refractivity contribution in [2.24, 2.45) is 0 Å². The van der Waals surface area contributed by atoms with Crippen LogP contribution in [-0.2, 0) is 26.0 Å². The van der Waals surface area contributed by atoms with E-state index in [0.29, 0.717) is 50.9 Å². The number of piperidine rings is 1. The normalized spacial score (nSPS) is 16.3. The molecule has 0 saturated carbocycles. The molecule has 30 heavy (non-hydrogen) atoms. The third-order valence-corrected chi connectivity index (χ3v) is 7.31. The van der Waals surface area contributed by atoms with E-state index in [1.807, 2.05) is 36.6 Å². The van der Waals surface area contributed by atoms with Crippen LogP contribution < -0.4 is 10.0 Å². The van der Waals surface area contributed by atoms with Crippen molar-refractivity contribution in [2.45, 2.75) is 51.1 Å². The van der Waals surface area contributed by atoms with Gasteiger partial charge in [0, 0.05) is 25.6 Å². The van der Waals surface area contributed by atoms with Gasteiger partial charge in [0.1, 0.15) is 6.04 Å². The number of nitrogens with one attached hydrogen (secondary N) is 2. The molecule has 2 rings (SSSR count). The maximum absolute atomic E-state index is 12.9. The summed E-state index contributed by atoms with van der Waals surface area (Å²) in [6.07, 6.45) is 4.91. The second-order valence-corrected chi connectivity index (χ2v) is 10.5. The van der Waals surface area contributed by atoms with Crippen molar-refractivity contribution in [3.05, 3.63) is 35.9 Å². The smallest absolute Gasteiger partial charge is 0.240 e. The summed E-state index contributed by atoms with van der Waals surface area (Å²) in [5.41, 5.74) is 1.14. The van der Waals surface area contributed by atoms with Crippen LogP contribution in [0, 0.1) is 0 Å². The van der Waals surface area contributed by atoms with Gasteiger partial charge in [-0.05, 0) is 50.2 Å². The molecule has 0 aliphatic carbocycles. The van der Waals surface area contributed by atoms with Crippen molar-refractivity contribution in [3.63, 3.8) is 0 Å². The molecule has 1 fully saturated rings. The monoisotopic (exact) mass is 455 g/mol. The molecule has 1 atom stereocenters. The number of likely N-dealkylation sites (tertiary alicyclic amines) is 1. The number of thioether (sulfide) groups is 1. The third kappa shape index (κ3) is 8.28. The van der Waals surface area contributed by atoms with Gasteiger partial charge in [-0.15, -0.1) is 0 Å². The lowest BCUT2D eigenvalue weighted by molar-refractivity contribution is -0.134. The summed E-state index contributed by atoms with van der Waals surface area (Å²) in [7, 11) is -3.45. The van der Waals surface area contributed by atoms with Gasteiger partial charge in [-0.1, -0.05) is 30.3 Å². The van der Waals surface area contributed by atoms with Gasteiger partial charge >= 0.3 is 0 Å². The zero-order valence-corrected chi connectivity index (χ0v) is 19.4. The molecule has 1 saturated heterocycles. The van der Waals surface area contributed by atoms with E-state index in [1.165, 1.54) is 0 Å². The quantitative estimate of drug-likeness (QED) is 0.530. The molecule has 168 valence electrons. The van der Waals surface area contributed by atoms with Crippen LogP contribution >= 0.6 is 11.8 Å². The second-order valence-electron chi connectivity index (χ2n) is 7.51. The molecule has 0 aromatic heterocycles. The fourth-order valence-corrected chi connectivity index (χ4v) is 4.73. The highest BCUT2D eigenvalue weighted by atomic mass is 32.2. The summed E-state index contributed by atoms with van der Waals surface area (Å²) in [4.78, 5) is 26.9. The Morgan fingerprint density at radius 1 is 1.20 bits per heavy atom. The fraction of sp³-hybridized carbons (Fsp3) is 0.619. The first-order valence-electron chi connectivity index (χ1n) is 10.5. The first-order valence-corrected chi connectivity index (χ1v) is 13.5. The number of amides is 2. The molecule has 1 aliphatic rings. The van der Waals surface area contributed by atoms with Crippen molar-refractivity contribution in [1.82, 2.24) is 14.9 Å². The zero-order chi connectivity index (χ0) is 22.0. The lowest BCUT2D eigenvalue weighted by atomic mass is 10.0. The summed E-state index contributed by atoms with van der Waals surface area (Å²) in [6.45, 7) is 2.60. The molecule has 1 heterocycles. The van der Waals surface area contributed by atoms with Gasteiger partial charge in [0.05, 0.1) is 5.75 Å². The lowest BCUT2D eigenvalue weighted by Gasteiger charge is -2.34. The Labute approximate surface area is 184 Å². The highest BCUT2D eigenvalue weighted by molar-refractivity contribution is 7.98. The fourth-order valence-electron chi connectivity index (χ4n) is 3.44. The molecule has 2 N–H and O–H groups in total. The van der Waals surface area contributed by atoms with Gasteiger partial charge in [0.25, 0.3) is 0 Å². The lowest BCUT2D eigenvalue weighted by Crippen LogP contribution is -2.53. The number of rotatable bonds is 11. The number of benzene rings is 1. The largest absolute Gasteiger partial charge is 0.353 e. The van der Waals surface area contributed by atoms with Crippen LogP contribution in [0.25, 0.3) is 0 Å². The van der Waals surface area contributed by atoms with E-state index in [2.05, 4.69) is 10.0 Å². The second kappa shape index (κ2) is 12.3. The Balaban J connectivity index is 1.80. The van der Waals surface area contributed by atoms with Crippen molar-refractivity contribution in [1.29, 1.82) is 0 Å². The third-order valence-electron chi connectivity index (χ3n) is 5.27. The Morgan fingerprint density at radius 2 is 1.87 bits per heavy atom. The number of sulfonamides is 1. The van der Waals surface area contributed by atoms with Crippen LogP contribution in [0.5, 0.6) is 0 Å². The molecular formula is C21H33N3O4S2. The molecule has 1 aliphatic heterocycles. The van der Waals surface area contributed by atoms with E-state index in [9.17, 15) is 18.0 Å². The molecule has 0 radical (unpaired) electrons. The number of hydrogen-bond donors (Lipinski definition) is 2. The first kappa shape index (κ1) is 24.7. The minimum absolute atomic E-state index is 0.0252. The Kier molecular flexibility index (Phi) is 10.1. The van der Waals surface area contributed by atoms with E-state index in [0.717, 1.165) is 5.56 Å². The molecule has 2 amide bonds. The average molecular weight is 456 g/mol. The molecule has 1 aromatic carbocycles. The summed E-state index contributed by atoms with van der Waals surface area (Å²) >= 11 is 1.58. The summed E-state index contributed by atoms with van der Waals surface area (Å²) < 4.78 is 26.5. The Hall–Kier alpha value is -1.58. The van der Waals surface area contributed by atoms with Gasteiger partial charge < -0.3 is 10.2 Å². The maximum atomic E-state index is 12.9. The number of hydrogen-bond acceptors (Lipinski definition) is 5. The summed E-state index contributed by atoms with van der Waals surface area (Å²) in [5.74, 6) is 0.510. The minimum Gasteiger partial charge on any atom is -0.353 e. The number of nitrogens with zero attached hydrogens (tertiary/aromatic N) is 1. The maximum Gasteiger partial charge on any atom is 0.240 e. The zero-order valence-electron chi connectivity index (χ0n) is 17.8. The van der Waals surface area contributed by atoms with Crippen molar-refractivity contribution in [3.8, 4) is 0 Å². The average Bonchev–Trinajstić information content (AvgIpc) is 2.76. The Morgan fingerprint density at radius 3 is 2.47 bits per heavy atom. The molecule has 7 nitrogen and oxygen atoms in total. The Bertz CT molecular complexity index is 779. The number of carbonyl (C=O) groups excluding carboxylic acids is 2. The standard InChI is InChI=1S/C21H33N3O4S2/c1-3-30(27,28)23-19(13-16-29-2)21(26)24-14-11-18(12-15-24)22-20(25)10-9-17-7-5-4-6-8-17/h4-8,18-19,23H,3,9-16H2,1-2H3,(H,22,25). The predicted molar refractivity (Wildman–Crippen MR) is 122 cm³/mol. The van der Waals surface area contributed by atoms with Crippen molar-refractivity contribution < 1.29 is 18.0 Å². The van der Waals surface area contributed by atoms with Crippen LogP contribution in [0.1, 0.15) is 38.2 Å². The van der Waals surface area contributed by atoms with Crippen LogP contribution in [0.4, 0.5) is 0 Å². The summed E-state index contributed by atoms with van der Waals surface area (Å²) in [6, 6.07) is 9.24. The van der Waals surface area contributed by atoms with E-state index >= 15 is 0 Å². The predicted octanol–water partition coefficient (Wildman–Crippen LogP) is 1.79. The van der Waals surface area contributed by atoms with Crippen LogP contribution in [-0.4, -0.2) is 68.1 Å². The van der Waals surface area contributed by atoms with E-state index < -0.39 is 16.1 Å². The van der Waals surface area contributed by atoms with E-state index in [-0.39, 0.29) is 23.6 Å². The molecule has 9 heteroatoms. The SMILES string of the molecule is CCS(=O)(=O)NC(CCSC)C(=O)N1CCC(NC(=O)CCc2ccccc2)CC1. The molecule has 1 unspecified atom stereocenters. The molecule has 1 aromatic rings. The van der Waals surface area contributed by atoms with Crippen molar-refractivity contribution in [2.75, 3.05) is 30.9 Å².